The molecule has 0 saturated heterocycles. The Kier molecular flexibility index (Phi) is 6.61. The molecule has 150 valence electrons. The van der Waals surface area contributed by atoms with Crippen molar-refractivity contribution < 1.29 is 14.1 Å². The Labute approximate surface area is 171 Å². The zero-order valence-corrected chi connectivity index (χ0v) is 16.8. The predicted octanol–water partition coefficient (Wildman–Crippen LogP) is 4.18. The van der Waals surface area contributed by atoms with Gasteiger partial charge in [-0.3, -0.25) is 14.9 Å². The molecule has 0 aliphatic heterocycles. The van der Waals surface area contributed by atoms with E-state index < -0.39 is 4.92 Å². The van der Waals surface area contributed by atoms with E-state index >= 15 is 0 Å². The maximum atomic E-state index is 12.2. The highest BCUT2D eigenvalue weighted by Gasteiger charge is 2.15. The first-order chi connectivity index (χ1) is 14.0. The van der Waals surface area contributed by atoms with Gasteiger partial charge in [0.1, 0.15) is 0 Å². The van der Waals surface area contributed by atoms with Crippen LogP contribution in [-0.2, 0) is 11.2 Å². The zero-order valence-electron chi connectivity index (χ0n) is 16.0. The van der Waals surface area contributed by atoms with E-state index in [2.05, 4.69) is 34.6 Å². The molecule has 1 aromatic heterocycles. The van der Waals surface area contributed by atoms with Crippen molar-refractivity contribution in [3.8, 4) is 11.5 Å². The normalized spacial score (nSPS) is 11.8. The van der Waals surface area contributed by atoms with Gasteiger partial charge in [-0.25, -0.2) is 0 Å². The minimum absolute atomic E-state index is 0.0600. The number of nitro benzene ring substituents is 1. The van der Waals surface area contributed by atoms with Gasteiger partial charge in [-0.2, -0.15) is 0 Å². The second kappa shape index (κ2) is 9.33. The third-order valence-electron chi connectivity index (χ3n) is 4.30. The summed E-state index contributed by atoms with van der Waals surface area (Å²) in [5.74, 6) is 0.131. The van der Waals surface area contributed by atoms with Crippen LogP contribution in [0.1, 0.15) is 31.0 Å². The fraction of sp³-hybridized carbons (Fsp3) is 0.250. The van der Waals surface area contributed by atoms with Crippen molar-refractivity contribution in [3.63, 3.8) is 0 Å². The largest absolute Gasteiger partial charge is 0.411 e. The highest BCUT2D eigenvalue weighted by molar-refractivity contribution is 7.99. The van der Waals surface area contributed by atoms with Gasteiger partial charge in [-0.05, 0) is 30.5 Å². The fourth-order valence-electron chi connectivity index (χ4n) is 2.67. The molecule has 1 atom stereocenters. The van der Waals surface area contributed by atoms with Crippen molar-refractivity contribution in [1.29, 1.82) is 0 Å². The molecule has 3 rings (SSSR count). The monoisotopic (exact) mass is 412 g/mol. The SMILES string of the molecule is CCc1ccc([C@@H](C)NC(=O)CSc2nnc(-c3cccc([N+](=O)[O-])c3)o2)cc1. The third-order valence-corrected chi connectivity index (χ3v) is 5.12. The Balaban J connectivity index is 1.55. The van der Waals surface area contributed by atoms with Gasteiger partial charge in [-0.1, -0.05) is 49.0 Å². The molecule has 0 bridgehead atoms. The number of hydrogen-bond acceptors (Lipinski definition) is 7. The maximum absolute atomic E-state index is 12.2. The molecule has 1 heterocycles. The Morgan fingerprint density at radius 1 is 1.24 bits per heavy atom. The van der Waals surface area contributed by atoms with Gasteiger partial charge in [0.2, 0.25) is 11.8 Å². The molecule has 0 spiro atoms. The summed E-state index contributed by atoms with van der Waals surface area (Å²) in [4.78, 5) is 22.6. The molecular formula is C20H20N4O4S. The van der Waals surface area contributed by atoms with Crippen molar-refractivity contribution >= 4 is 23.4 Å². The average Bonchev–Trinajstić information content (AvgIpc) is 3.21. The average molecular weight is 412 g/mol. The number of carbonyl (C=O) groups is 1. The number of carbonyl (C=O) groups excluding carboxylic acids is 1. The molecule has 2 aromatic carbocycles. The van der Waals surface area contributed by atoms with Gasteiger partial charge >= 0.3 is 0 Å². The molecule has 0 saturated carbocycles. The number of aryl methyl sites for hydroxylation is 1. The van der Waals surface area contributed by atoms with Crippen molar-refractivity contribution in [1.82, 2.24) is 15.5 Å². The van der Waals surface area contributed by atoms with E-state index in [0.29, 0.717) is 5.56 Å². The summed E-state index contributed by atoms with van der Waals surface area (Å²) in [5, 5.41) is 21.8. The Morgan fingerprint density at radius 3 is 2.69 bits per heavy atom. The van der Waals surface area contributed by atoms with Gasteiger partial charge in [-0.15, -0.1) is 10.2 Å². The summed E-state index contributed by atoms with van der Waals surface area (Å²) in [6.45, 7) is 4.02. The number of rotatable bonds is 8. The van der Waals surface area contributed by atoms with Gasteiger partial charge in [0, 0.05) is 17.7 Å². The van der Waals surface area contributed by atoms with E-state index in [9.17, 15) is 14.9 Å². The van der Waals surface area contributed by atoms with Gasteiger partial charge in [0.05, 0.1) is 16.7 Å². The van der Waals surface area contributed by atoms with Crippen LogP contribution in [0.3, 0.4) is 0 Å². The summed E-state index contributed by atoms with van der Waals surface area (Å²) in [7, 11) is 0. The van der Waals surface area contributed by atoms with Crippen LogP contribution in [0.5, 0.6) is 0 Å². The van der Waals surface area contributed by atoms with Crippen LogP contribution in [0, 0.1) is 10.1 Å². The first-order valence-corrected chi connectivity index (χ1v) is 10.0. The van der Waals surface area contributed by atoms with Crippen LogP contribution in [0.4, 0.5) is 5.69 Å². The highest BCUT2D eigenvalue weighted by atomic mass is 32.2. The van der Waals surface area contributed by atoms with Crippen LogP contribution in [-0.4, -0.2) is 26.8 Å². The Hall–Kier alpha value is -3.20. The lowest BCUT2D eigenvalue weighted by Crippen LogP contribution is -2.28. The lowest BCUT2D eigenvalue weighted by molar-refractivity contribution is -0.384. The standard InChI is InChI=1S/C20H20N4O4S/c1-3-14-7-9-15(10-8-14)13(2)21-18(25)12-29-20-23-22-19(28-20)16-5-4-6-17(11-16)24(26)27/h4-11,13H,3,12H2,1-2H3,(H,21,25)/t13-/m1/s1. The number of hydrogen-bond donors (Lipinski definition) is 1. The van der Waals surface area contributed by atoms with Crippen molar-refractivity contribution in [2.75, 3.05) is 5.75 Å². The van der Waals surface area contributed by atoms with Crippen LogP contribution < -0.4 is 5.32 Å². The fourth-order valence-corrected chi connectivity index (χ4v) is 3.25. The van der Waals surface area contributed by atoms with Crippen LogP contribution in [0.15, 0.2) is 58.2 Å². The minimum atomic E-state index is -0.489. The second-order valence-electron chi connectivity index (χ2n) is 6.35. The Bertz CT molecular complexity index is 1000. The summed E-state index contributed by atoms with van der Waals surface area (Å²) in [6.07, 6.45) is 0.972. The van der Waals surface area contributed by atoms with E-state index in [-0.39, 0.29) is 34.5 Å². The maximum Gasteiger partial charge on any atom is 0.277 e. The van der Waals surface area contributed by atoms with E-state index in [4.69, 9.17) is 4.42 Å². The van der Waals surface area contributed by atoms with Crippen LogP contribution in [0.25, 0.3) is 11.5 Å². The molecule has 0 fully saturated rings. The molecule has 0 aliphatic rings. The number of aromatic nitrogens is 2. The topological polar surface area (TPSA) is 111 Å². The quantitative estimate of drug-likeness (QED) is 0.336. The number of benzene rings is 2. The zero-order chi connectivity index (χ0) is 20.8. The second-order valence-corrected chi connectivity index (χ2v) is 7.28. The number of amides is 1. The number of thioether (sulfide) groups is 1. The van der Waals surface area contributed by atoms with Gasteiger partial charge in [0.25, 0.3) is 10.9 Å². The number of nitrogens with one attached hydrogen (secondary N) is 1. The van der Waals surface area contributed by atoms with E-state index in [1.54, 1.807) is 12.1 Å². The van der Waals surface area contributed by atoms with Gasteiger partial charge in [0.15, 0.2) is 0 Å². The van der Waals surface area contributed by atoms with Crippen molar-refractivity contribution in [2.24, 2.45) is 0 Å². The predicted molar refractivity (Wildman–Crippen MR) is 109 cm³/mol. The lowest BCUT2D eigenvalue weighted by Gasteiger charge is -2.14. The van der Waals surface area contributed by atoms with Crippen molar-refractivity contribution in [3.05, 3.63) is 69.8 Å². The minimum Gasteiger partial charge on any atom is -0.411 e. The molecule has 1 N–H and O–H groups in total. The van der Waals surface area contributed by atoms with E-state index in [1.165, 1.54) is 17.7 Å². The number of nitro groups is 1. The van der Waals surface area contributed by atoms with Crippen LogP contribution >= 0.6 is 11.8 Å². The molecule has 0 unspecified atom stereocenters. The van der Waals surface area contributed by atoms with Crippen molar-refractivity contribution in [2.45, 2.75) is 31.5 Å². The molecule has 0 aliphatic carbocycles. The third kappa shape index (κ3) is 5.41. The molecule has 0 radical (unpaired) electrons. The number of non-ortho nitro benzene ring substituents is 1. The molecular weight excluding hydrogens is 392 g/mol. The molecule has 29 heavy (non-hydrogen) atoms. The van der Waals surface area contributed by atoms with Gasteiger partial charge < -0.3 is 9.73 Å². The molecule has 1 amide bonds. The summed E-state index contributed by atoms with van der Waals surface area (Å²) in [6, 6.07) is 14.0. The first kappa shape index (κ1) is 20.5. The Morgan fingerprint density at radius 2 is 2.00 bits per heavy atom. The van der Waals surface area contributed by atoms with Crippen LogP contribution in [0.2, 0.25) is 0 Å². The highest BCUT2D eigenvalue weighted by Crippen LogP contribution is 2.26. The molecule has 8 nitrogen and oxygen atoms in total. The summed E-state index contributed by atoms with van der Waals surface area (Å²) >= 11 is 1.11. The summed E-state index contributed by atoms with van der Waals surface area (Å²) in [5.41, 5.74) is 2.67. The smallest absolute Gasteiger partial charge is 0.277 e. The molecule has 9 heteroatoms. The summed E-state index contributed by atoms with van der Waals surface area (Å²) < 4.78 is 5.51. The first-order valence-electron chi connectivity index (χ1n) is 9.05. The number of nitrogens with zero attached hydrogens (tertiary/aromatic N) is 3. The van der Waals surface area contributed by atoms with E-state index in [0.717, 1.165) is 23.7 Å². The van der Waals surface area contributed by atoms with E-state index in [1.807, 2.05) is 19.1 Å². The lowest BCUT2D eigenvalue weighted by atomic mass is 10.1. The molecule has 3 aromatic rings.